The average Bonchev–Trinajstić information content (AvgIpc) is 3.44. The molecule has 0 saturated carbocycles. The quantitative estimate of drug-likeness (QED) is 0.475. The van der Waals surface area contributed by atoms with Gasteiger partial charge in [0.2, 0.25) is 0 Å². The van der Waals surface area contributed by atoms with Gasteiger partial charge in [-0.05, 0) is 60.7 Å². The highest BCUT2D eigenvalue weighted by Crippen LogP contribution is 2.42. The smallest absolute Gasteiger partial charge is 0.174 e. The zero-order valence-electron chi connectivity index (χ0n) is 16.9. The highest BCUT2D eigenvalue weighted by atomic mass is 32.1. The molecule has 0 radical (unpaired) electrons. The van der Waals surface area contributed by atoms with Crippen LogP contribution in [0.25, 0.3) is 5.69 Å². The van der Waals surface area contributed by atoms with Crippen LogP contribution in [0.2, 0.25) is 0 Å². The molecule has 2 atom stereocenters. The van der Waals surface area contributed by atoms with Gasteiger partial charge in [0.05, 0.1) is 30.7 Å². The van der Waals surface area contributed by atoms with E-state index in [1.165, 1.54) is 0 Å². The van der Waals surface area contributed by atoms with Crippen molar-refractivity contribution in [2.75, 3.05) is 12.0 Å². The summed E-state index contributed by atoms with van der Waals surface area (Å²) in [5.74, 6) is 0.781. The van der Waals surface area contributed by atoms with Gasteiger partial charge in [0.25, 0.3) is 0 Å². The minimum atomic E-state index is -0.121. The molecule has 31 heavy (non-hydrogen) atoms. The molecule has 4 heterocycles. The van der Waals surface area contributed by atoms with Gasteiger partial charge in [-0.15, -0.1) is 0 Å². The number of ether oxygens (including phenoxy) is 1. The maximum atomic E-state index is 5.81. The number of benzene rings is 1. The van der Waals surface area contributed by atoms with Crippen molar-refractivity contribution >= 4 is 23.0 Å². The highest BCUT2D eigenvalue weighted by Gasteiger charge is 2.42. The van der Waals surface area contributed by atoms with Gasteiger partial charge in [0, 0.05) is 36.0 Å². The molecule has 0 unspecified atom stereocenters. The monoisotopic (exact) mass is 427 g/mol. The van der Waals surface area contributed by atoms with Crippen LogP contribution in [0.5, 0.6) is 5.75 Å². The largest absolute Gasteiger partial charge is 0.497 e. The van der Waals surface area contributed by atoms with Crippen LogP contribution in [0.15, 0.2) is 91.5 Å². The lowest BCUT2D eigenvalue weighted by atomic mass is 10.0. The topological polar surface area (TPSA) is 55.2 Å². The van der Waals surface area contributed by atoms with E-state index in [4.69, 9.17) is 17.0 Å². The van der Waals surface area contributed by atoms with E-state index in [1.807, 2.05) is 79.3 Å². The number of anilines is 1. The van der Waals surface area contributed by atoms with E-state index in [1.54, 1.807) is 13.3 Å². The van der Waals surface area contributed by atoms with Crippen LogP contribution in [-0.2, 0) is 0 Å². The fourth-order valence-electron chi connectivity index (χ4n) is 4.06. The maximum Gasteiger partial charge on any atom is 0.174 e. The number of pyridine rings is 2. The number of nitrogens with zero attached hydrogens (tertiary/aromatic N) is 4. The Labute approximate surface area is 186 Å². The van der Waals surface area contributed by atoms with E-state index < -0.39 is 0 Å². The van der Waals surface area contributed by atoms with E-state index in [9.17, 15) is 0 Å². The Hall–Kier alpha value is -3.71. The summed E-state index contributed by atoms with van der Waals surface area (Å²) in [6.07, 6.45) is 7.49. The van der Waals surface area contributed by atoms with E-state index in [0.717, 1.165) is 28.5 Å². The molecule has 4 aromatic rings. The van der Waals surface area contributed by atoms with E-state index in [2.05, 4.69) is 30.8 Å². The Balaban J connectivity index is 1.67. The third-order valence-electron chi connectivity index (χ3n) is 5.44. The first-order valence-electron chi connectivity index (χ1n) is 9.98. The lowest BCUT2D eigenvalue weighted by Crippen LogP contribution is -2.30. The van der Waals surface area contributed by atoms with Crippen LogP contribution in [0, 0.1) is 0 Å². The molecular weight excluding hydrogens is 406 g/mol. The second-order valence-corrected chi connectivity index (χ2v) is 7.60. The molecule has 0 amide bonds. The standard InChI is InChI=1S/C24H21N5OS/c1-30-19-9-4-7-17(15-19)29-23(22(27-24(29)31)20-10-2-3-13-26-20)21-11-6-14-28(21)18-8-5-12-25-16-18/h2-16,22-23H,1H3,(H,27,31)/t22-,23-/m0/s1. The van der Waals surface area contributed by atoms with Crippen LogP contribution in [0.3, 0.4) is 0 Å². The fraction of sp³-hybridized carbons (Fsp3) is 0.125. The van der Waals surface area contributed by atoms with Gasteiger partial charge in [-0.25, -0.2) is 0 Å². The summed E-state index contributed by atoms with van der Waals surface area (Å²) in [5.41, 5.74) is 3.96. The first-order chi connectivity index (χ1) is 15.3. The fourth-order valence-corrected chi connectivity index (χ4v) is 4.41. The molecule has 6 nitrogen and oxygen atoms in total. The zero-order valence-corrected chi connectivity index (χ0v) is 17.7. The minimum Gasteiger partial charge on any atom is -0.497 e. The summed E-state index contributed by atoms with van der Waals surface area (Å²) in [4.78, 5) is 11.1. The van der Waals surface area contributed by atoms with Gasteiger partial charge >= 0.3 is 0 Å². The Kier molecular flexibility index (Phi) is 5.09. The van der Waals surface area contributed by atoms with Crippen molar-refractivity contribution < 1.29 is 4.74 Å². The van der Waals surface area contributed by atoms with E-state index >= 15 is 0 Å². The lowest BCUT2D eigenvalue weighted by Gasteiger charge is -2.29. The van der Waals surface area contributed by atoms with Crippen molar-refractivity contribution in [2.45, 2.75) is 12.1 Å². The molecule has 0 aliphatic carbocycles. The molecule has 0 spiro atoms. The summed E-state index contributed by atoms with van der Waals surface area (Å²) in [5, 5.41) is 4.14. The molecule has 5 rings (SSSR count). The van der Waals surface area contributed by atoms with E-state index in [-0.39, 0.29) is 12.1 Å². The first kappa shape index (κ1) is 19.3. The number of aromatic nitrogens is 3. The number of nitrogens with one attached hydrogen (secondary N) is 1. The Morgan fingerprint density at radius 3 is 2.65 bits per heavy atom. The third-order valence-corrected chi connectivity index (χ3v) is 5.75. The Bertz CT molecular complexity index is 1190. The van der Waals surface area contributed by atoms with Crippen molar-refractivity contribution in [3.63, 3.8) is 0 Å². The van der Waals surface area contributed by atoms with Gasteiger partial charge in [0.15, 0.2) is 5.11 Å². The molecule has 1 N–H and O–H groups in total. The molecule has 7 heteroatoms. The molecule has 154 valence electrons. The van der Waals surface area contributed by atoms with Crippen LogP contribution < -0.4 is 15.0 Å². The first-order valence-corrected chi connectivity index (χ1v) is 10.4. The number of hydrogen-bond acceptors (Lipinski definition) is 4. The molecule has 0 bridgehead atoms. The number of thiocarbonyl (C=S) groups is 1. The Morgan fingerprint density at radius 1 is 0.968 bits per heavy atom. The molecule has 1 aromatic carbocycles. The predicted molar refractivity (Wildman–Crippen MR) is 124 cm³/mol. The predicted octanol–water partition coefficient (Wildman–Crippen LogP) is 4.45. The van der Waals surface area contributed by atoms with Gasteiger partial charge in [0.1, 0.15) is 11.8 Å². The molecule has 1 saturated heterocycles. The Morgan fingerprint density at radius 2 is 1.87 bits per heavy atom. The lowest BCUT2D eigenvalue weighted by molar-refractivity contribution is 0.414. The van der Waals surface area contributed by atoms with E-state index in [0.29, 0.717) is 5.11 Å². The van der Waals surface area contributed by atoms with Crippen LogP contribution in [-0.4, -0.2) is 26.8 Å². The summed E-state index contributed by atoms with van der Waals surface area (Å²) >= 11 is 5.81. The SMILES string of the molecule is COc1cccc(N2C(=S)N[C@@H](c3ccccn3)[C@@H]2c2cccn2-c2cccnc2)c1. The summed E-state index contributed by atoms with van der Waals surface area (Å²) in [7, 11) is 1.67. The van der Waals surface area contributed by atoms with Gasteiger partial charge in [-0.2, -0.15) is 0 Å². The molecule has 1 aliphatic heterocycles. The molecule has 3 aromatic heterocycles. The van der Waals surface area contributed by atoms with Crippen molar-refractivity contribution in [3.8, 4) is 11.4 Å². The molecule has 1 aliphatic rings. The van der Waals surface area contributed by atoms with Crippen molar-refractivity contribution in [2.24, 2.45) is 0 Å². The van der Waals surface area contributed by atoms with Crippen molar-refractivity contribution in [1.29, 1.82) is 0 Å². The van der Waals surface area contributed by atoms with Gasteiger partial charge in [-0.1, -0.05) is 12.1 Å². The second kappa shape index (κ2) is 8.20. The summed E-state index contributed by atoms with van der Waals surface area (Å²) < 4.78 is 7.61. The van der Waals surface area contributed by atoms with Crippen LogP contribution >= 0.6 is 12.2 Å². The number of methoxy groups -OCH3 is 1. The zero-order chi connectivity index (χ0) is 21.2. The third kappa shape index (κ3) is 3.53. The van der Waals surface area contributed by atoms with Gasteiger partial charge in [-0.3, -0.25) is 9.97 Å². The average molecular weight is 428 g/mol. The van der Waals surface area contributed by atoms with Gasteiger partial charge < -0.3 is 19.5 Å². The van der Waals surface area contributed by atoms with Crippen molar-refractivity contribution in [1.82, 2.24) is 19.9 Å². The summed E-state index contributed by atoms with van der Waals surface area (Å²) in [6, 6.07) is 21.8. The second-order valence-electron chi connectivity index (χ2n) is 7.21. The number of hydrogen-bond donors (Lipinski definition) is 1. The molecule has 1 fully saturated rings. The summed E-state index contributed by atoms with van der Waals surface area (Å²) in [6.45, 7) is 0. The highest BCUT2D eigenvalue weighted by molar-refractivity contribution is 7.80. The molecular formula is C24H21N5OS. The number of rotatable bonds is 5. The maximum absolute atomic E-state index is 5.81. The normalized spacial score (nSPS) is 18.1. The van der Waals surface area contributed by atoms with Crippen LogP contribution in [0.1, 0.15) is 23.5 Å². The minimum absolute atomic E-state index is 0.120. The van der Waals surface area contributed by atoms with Crippen molar-refractivity contribution in [3.05, 3.63) is 103 Å². The van der Waals surface area contributed by atoms with Crippen LogP contribution in [0.4, 0.5) is 5.69 Å².